The van der Waals surface area contributed by atoms with Crippen molar-refractivity contribution < 1.29 is 9.59 Å². The third-order valence-corrected chi connectivity index (χ3v) is 7.26. The summed E-state index contributed by atoms with van der Waals surface area (Å²) in [4.78, 5) is 33.1. The fourth-order valence-corrected chi connectivity index (χ4v) is 5.20. The van der Waals surface area contributed by atoms with Crippen molar-refractivity contribution in [3.63, 3.8) is 0 Å². The SMILES string of the molecule is CC(C)/C=C(\C#N)C(=O)N1CCCC1Cn1c(NC(=O)c2ccc(Cl)cc2)nc2cc(CNCC(C)(C)C)ccc21. The van der Waals surface area contributed by atoms with Gasteiger partial charge in [0, 0.05) is 36.8 Å². The number of anilines is 1. The molecule has 0 saturated carbocycles. The van der Waals surface area contributed by atoms with Crippen LogP contribution in [-0.4, -0.2) is 45.4 Å². The number of hydrogen-bond acceptors (Lipinski definition) is 5. The van der Waals surface area contributed by atoms with Gasteiger partial charge in [0.2, 0.25) is 5.95 Å². The largest absolute Gasteiger partial charge is 0.333 e. The van der Waals surface area contributed by atoms with Crippen molar-refractivity contribution >= 4 is 40.4 Å². The van der Waals surface area contributed by atoms with Crippen molar-refractivity contribution in [2.75, 3.05) is 18.4 Å². The summed E-state index contributed by atoms with van der Waals surface area (Å²) >= 11 is 6.02. The van der Waals surface area contributed by atoms with E-state index in [-0.39, 0.29) is 34.8 Å². The van der Waals surface area contributed by atoms with Crippen LogP contribution in [0.1, 0.15) is 63.4 Å². The van der Waals surface area contributed by atoms with E-state index in [1.165, 1.54) is 0 Å². The lowest BCUT2D eigenvalue weighted by Gasteiger charge is -2.26. The number of fused-ring (bicyclic) bond motifs is 1. The summed E-state index contributed by atoms with van der Waals surface area (Å²) in [5.74, 6) is -0.0327. The van der Waals surface area contributed by atoms with Crippen LogP contribution >= 0.6 is 11.6 Å². The number of nitrogens with zero attached hydrogens (tertiary/aromatic N) is 4. The highest BCUT2D eigenvalue weighted by atomic mass is 35.5. The Morgan fingerprint density at radius 3 is 2.59 bits per heavy atom. The number of carbonyl (C=O) groups is 2. The van der Waals surface area contributed by atoms with Gasteiger partial charge in [0.1, 0.15) is 11.6 Å². The molecule has 2 amide bonds. The van der Waals surface area contributed by atoms with Crippen LogP contribution in [0.2, 0.25) is 5.02 Å². The van der Waals surface area contributed by atoms with Crippen molar-refractivity contribution in [2.45, 2.75) is 66.6 Å². The molecule has 0 bridgehead atoms. The Morgan fingerprint density at radius 1 is 1.20 bits per heavy atom. The molecule has 8 nitrogen and oxygen atoms in total. The highest BCUT2D eigenvalue weighted by molar-refractivity contribution is 6.30. The van der Waals surface area contributed by atoms with Crippen LogP contribution in [0.4, 0.5) is 5.95 Å². The van der Waals surface area contributed by atoms with Crippen molar-refractivity contribution in [1.29, 1.82) is 5.26 Å². The fraction of sp³-hybridized carbons (Fsp3) is 0.438. The van der Waals surface area contributed by atoms with E-state index in [0.717, 1.165) is 36.0 Å². The molecule has 1 unspecified atom stereocenters. The van der Waals surface area contributed by atoms with E-state index >= 15 is 0 Å². The average Bonchev–Trinajstić information content (AvgIpc) is 3.51. The maximum Gasteiger partial charge on any atom is 0.264 e. The molecule has 0 spiro atoms. The third-order valence-electron chi connectivity index (χ3n) is 7.01. The van der Waals surface area contributed by atoms with Gasteiger partial charge in [-0.3, -0.25) is 14.9 Å². The number of benzene rings is 2. The number of nitrogens with one attached hydrogen (secondary N) is 2. The van der Waals surface area contributed by atoms with E-state index in [9.17, 15) is 14.9 Å². The zero-order valence-electron chi connectivity index (χ0n) is 24.5. The minimum Gasteiger partial charge on any atom is -0.333 e. The minimum absolute atomic E-state index is 0.0917. The average molecular weight is 575 g/mol. The zero-order valence-corrected chi connectivity index (χ0v) is 25.3. The van der Waals surface area contributed by atoms with E-state index in [1.807, 2.05) is 30.5 Å². The Hall–Kier alpha value is -3.67. The Bertz CT molecular complexity index is 1480. The van der Waals surface area contributed by atoms with Gasteiger partial charge < -0.3 is 14.8 Å². The zero-order chi connectivity index (χ0) is 29.7. The molecule has 2 N–H and O–H groups in total. The van der Waals surface area contributed by atoms with E-state index < -0.39 is 0 Å². The first-order valence-electron chi connectivity index (χ1n) is 14.1. The molecule has 216 valence electrons. The van der Waals surface area contributed by atoms with Gasteiger partial charge in [0.05, 0.1) is 17.1 Å². The van der Waals surface area contributed by atoms with Crippen LogP contribution < -0.4 is 10.6 Å². The summed E-state index contributed by atoms with van der Waals surface area (Å²) in [6.07, 6.45) is 3.36. The van der Waals surface area contributed by atoms with Crippen molar-refractivity contribution in [2.24, 2.45) is 11.3 Å². The predicted molar refractivity (Wildman–Crippen MR) is 164 cm³/mol. The van der Waals surface area contributed by atoms with E-state index in [0.29, 0.717) is 36.2 Å². The lowest BCUT2D eigenvalue weighted by Crippen LogP contribution is -2.39. The van der Waals surface area contributed by atoms with Gasteiger partial charge in [-0.15, -0.1) is 0 Å². The first kappa shape index (κ1) is 30.3. The number of allylic oxidation sites excluding steroid dienone is 1. The van der Waals surface area contributed by atoms with Gasteiger partial charge in [0.15, 0.2) is 0 Å². The topological polar surface area (TPSA) is 103 Å². The maximum absolute atomic E-state index is 13.3. The molecular weight excluding hydrogens is 536 g/mol. The Balaban J connectivity index is 1.65. The Morgan fingerprint density at radius 2 is 1.93 bits per heavy atom. The highest BCUT2D eigenvalue weighted by Gasteiger charge is 2.32. The first-order chi connectivity index (χ1) is 19.4. The summed E-state index contributed by atoms with van der Waals surface area (Å²) in [5.41, 5.74) is 3.54. The summed E-state index contributed by atoms with van der Waals surface area (Å²) in [6.45, 7) is 13.1. The molecular formula is C32H39ClN6O2. The Kier molecular flexibility index (Phi) is 9.52. The van der Waals surface area contributed by atoms with E-state index in [4.69, 9.17) is 16.6 Å². The number of likely N-dealkylation sites (tertiary alicyclic amines) is 1. The number of aromatic nitrogens is 2. The third kappa shape index (κ3) is 7.75. The fourth-order valence-electron chi connectivity index (χ4n) is 5.07. The second-order valence-electron chi connectivity index (χ2n) is 12.2. The number of rotatable bonds is 9. The smallest absolute Gasteiger partial charge is 0.264 e. The highest BCUT2D eigenvalue weighted by Crippen LogP contribution is 2.28. The van der Waals surface area contributed by atoms with Crippen LogP contribution in [0.15, 0.2) is 54.1 Å². The van der Waals surface area contributed by atoms with Crippen LogP contribution in [0, 0.1) is 22.7 Å². The number of carbonyl (C=O) groups excluding carboxylic acids is 2. The molecule has 1 aliphatic heterocycles. The quantitative estimate of drug-likeness (QED) is 0.235. The lowest BCUT2D eigenvalue weighted by atomic mass is 9.97. The first-order valence-corrected chi connectivity index (χ1v) is 14.5. The molecule has 1 fully saturated rings. The van der Waals surface area contributed by atoms with Crippen molar-refractivity contribution in [1.82, 2.24) is 19.8 Å². The van der Waals surface area contributed by atoms with Crippen LogP contribution in [0.3, 0.4) is 0 Å². The van der Waals surface area contributed by atoms with Gasteiger partial charge in [0.25, 0.3) is 11.8 Å². The number of amides is 2. The van der Waals surface area contributed by atoms with Crippen LogP contribution in [-0.2, 0) is 17.9 Å². The molecule has 1 atom stereocenters. The Labute approximate surface area is 247 Å². The monoisotopic (exact) mass is 574 g/mol. The van der Waals surface area contributed by atoms with Crippen LogP contribution in [0.5, 0.6) is 0 Å². The number of halogens is 1. The molecule has 41 heavy (non-hydrogen) atoms. The second-order valence-corrected chi connectivity index (χ2v) is 12.7. The molecule has 1 aliphatic rings. The van der Waals surface area contributed by atoms with Crippen molar-refractivity contribution in [3.05, 3.63) is 70.3 Å². The minimum atomic E-state index is -0.295. The maximum atomic E-state index is 13.3. The molecule has 0 aliphatic carbocycles. The number of hydrogen-bond donors (Lipinski definition) is 2. The van der Waals surface area contributed by atoms with E-state index in [1.54, 1.807) is 35.2 Å². The molecule has 2 aromatic carbocycles. The number of imidazole rings is 1. The normalized spacial score (nSPS) is 15.9. The standard InChI is InChI=1S/C32H39ClN6O2/c1-21(2)15-24(17-34)30(41)38-14-6-7-26(38)19-39-28-13-8-22(18-35-20-32(3,4)5)16-27(28)36-31(39)37-29(40)23-9-11-25(33)12-10-23/h8-13,15-16,21,26,35H,6-7,14,18-20H2,1-5H3,(H,36,37,40)/b24-15+. The predicted octanol–water partition coefficient (Wildman–Crippen LogP) is 6.17. The van der Waals surface area contributed by atoms with Gasteiger partial charge >= 0.3 is 0 Å². The summed E-state index contributed by atoms with van der Waals surface area (Å²) < 4.78 is 1.98. The summed E-state index contributed by atoms with van der Waals surface area (Å²) in [7, 11) is 0. The van der Waals surface area contributed by atoms with Gasteiger partial charge in [-0.1, -0.05) is 58.4 Å². The van der Waals surface area contributed by atoms with Gasteiger partial charge in [-0.25, -0.2) is 4.98 Å². The molecule has 2 heterocycles. The van der Waals surface area contributed by atoms with Gasteiger partial charge in [-0.2, -0.15) is 5.26 Å². The molecule has 1 saturated heterocycles. The lowest BCUT2D eigenvalue weighted by molar-refractivity contribution is -0.127. The molecule has 4 rings (SSSR count). The molecule has 0 radical (unpaired) electrons. The second kappa shape index (κ2) is 12.9. The van der Waals surface area contributed by atoms with Gasteiger partial charge in [-0.05, 0) is 66.1 Å². The molecule has 3 aromatic rings. The summed E-state index contributed by atoms with van der Waals surface area (Å²) in [5, 5.41) is 16.7. The molecule has 9 heteroatoms. The summed E-state index contributed by atoms with van der Waals surface area (Å²) in [6, 6.07) is 14.8. The number of nitriles is 1. The van der Waals surface area contributed by atoms with Crippen LogP contribution in [0.25, 0.3) is 11.0 Å². The van der Waals surface area contributed by atoms with E-state index in [2.05, 4.69) is 43.5 Å². The van der Waals surface area contributed by atoms with Crippen molar-refractivity contribution in [3.8, 4) is 6.07 Å². The molecule has 1 aromatic heterocycles.